The summed E-state index contributed by atoms with van der Waals surface area (Å²) in [6.45, 7) is 0. The minimum absolute atomic E-state index is 0.177. The number of aryl methyl sites for hydroxylation is 2. The maximum absolute atomic E-state index is 9.14. The van der Waals surface area contributed by atoms with E-state index >= 15 is 0 Å². The van der Waals surface area contributed by atoms with Gasteiger partial charge in [0.2, 0.25) is 5.95 Å². The van der Waals surface area contributed by atoms with Gasteiger partial charge < -0.3 is 5.73 Å². The summed E-state index contributed by atoms with van der Waals surface area (Å²) in [6.07, 6.45) is 4.52. The number of anilines is 1. The SMILES string of the molecule is N#Cc1cc2c(nc1-n1cnc(N)n1)CCC2. The van der Waals surface area contributed by atoms with Gasteiger partial charge in [-0.05, 0) is 30.9 Å². The first-order valence-electron chi connectivity index (χ1n) is 5.38. The van der Waals surface area contributed by atoms with Gasteiger partial charge in [0.25, 0.3) is 0 Å². The van der Waals surface area contributed by atoms with Gasteiger partial charge in [0, 0.05) is 5.69 Å². The molecule has 0 atom stereocenters. The van der Waals surface area contributed by atoms with Gasteiger partial charge in [0.1, 0.15) is 12.4 Å². The lowest BCUT2D eigenvalue weighted by Crippen LogP contribution is -2.05. The highest BCUT2D eigenvalue weighted by Crippen LogP contribution is 2.23. The Morgan fingerprint density at radius 1 is 1.41 bits per heavy atom. The number of hydrogen-bond acceptors (Lipinski definition) is 5. The molecule has 6 heteroatoms. The van der Waals surface area contributed by atoms with Crippen molar-refractivity contribution < 1.29 is 0 Å². The van der Waals surface area contributed by atoms with Gasteiger partial charge >= 0.3 is 0 Å². The van der Waals surface area contributed by atoms with Crippen LogP contribution in [0.5, 0.6) is 0 Å². The summed E-state index contributed by atoms with van der Waals surface area (Å²) < 4.78 is 1.45. The third-order valence-electron chi connectivity index (χ3n) is 2.88. The Bertz CT molecular complexity index is 621. The van der Waals surface area contributed by atoms with Crippen molar-refractivity contribution in [2.75, 3.05) is 5.73 Å². The smallest absolute Gasteiger partial charge is 0.239 e. The number of nitrogens with zero attached hydrogens (tertiary/aromatic N) is 5. The van der Waals surface area contributed by atoms with Crippen LogP contribution in [0.15, 0.2) is 12.4 Å². The summed E-state index contributed by atoms with van der Waals surface area (Å²) in [4.78, 5) is 8.33. The standard InChI is InChI=1S/C11H10N6/c12-5-8-4-7-2-1-3-9(7)15-10(8)17-6-14-11(13)16-17/h4,6H,1-3H2,(H2,13,16). The molecule has 0 fully saturated rings. The molecule has 0 aromatic carbocycles. The first-order valence-corrected chi connectivity index (χ1v) is 5.38. The quantitative estimate of drug-likeness (QED) is 0.768. The molecule has 17 heavy (non-hydrogen) atoms. The third-order valence-corrected chi connectivity index (χ3v) is 2.88. The Morgan fingerprint density at radius 3 is 3.00 bits per heavy atom. The zero-order valence-corrected chi connectivity index (χ0v) is 9.09. The molecule has 0 bridgehead atoms. The lowest BCUT2D eigenvalue weighted by Gasteiger charge is -2.05. The molecule has 2 aromatic rings. The predicted molar refractivity (Wildman–Crippen MR) is 60.3 cm³/mol. The lowest BCUT2D eigenvalue weighted by molar-refractivity contribution is 0.829. The zero-order valence-electron chi connectivity index (χ0n) is 9.09. The van der Waals surface area contributed by atoms with E-state index in [4.69, 9.17) is 11.0 Å². The number of nitrogen functional groups attached to an aromatic ring is 1. The molecule has 2 N–H and O–H groups in total. The van der Waals surface area contributed by atoms with Crippen LogP contribution in [0.25, 0.3) is 5.82 Å². The monoisotopic (exact) mass is 226 g/mol. The van der Waals surface area contributed by atoms with Crippen LogP contribution in [0, 0.1) is 11.3 Å². The maximum Gasteiger partial charge on any atom is 0.239 e. The summed E-state index contributed by atoms with van der Waals surface area (Å²) in [5.74, 6) is 0.688. The fourth-order valence-corrected chi connectivity index (χ4v) is 2.10. The van der Waals surface area contributed by atoms with Crippen LogP contribution in [-0.2, 0) is 12.8 Å². The number of pyridine rings is 1. The van der Waals surface area contributed by atoms with E-state index < -0.39 is 0 Å². The Labute approximate surface area is 97.7 Å². The van der Waals surface area contributed by atoms with E-state index in [1.807, 2.05) is 6.07 Å². The van der Waals surface area contributed by atoms with Gasteiger partial charge in [0.15, 0.2) is 5.82 Å². The van der Waals surface area contributed by atoms with Gasteiger partial charge in [-0.15, -0.1) is 5.10 Å². The highest BCUT2D eigenvalue weighted by atomic mass is 15.4. The fourth-order valence-electron chi connectivity index (χ4n) is 2.10. The molecule has 0 saturated heterocycles. The number of aromatic nitrogens is 4. The van der Waals surface area contributed by atoms with Crippen molar-refractivity contribution in [3.05, 3.63) is 29.2 Å². The average molecular weight is 226 g/mol. The molecule has 0 amide bonds. The highest BCUT2D eigenvalue weighted by molar-refractivity contribution is 5.48. The van der Waals surface area contributed by atoms with E-state index in [0.29, 0.717) is 11.4 Å². The van der Waals surface area contributed by atoms with E-state index in [1.54, 1.807) is 0 Å². The van der Waals surface area contributed by atoms with Gasteiger partial charge in [-0.25, -0.2) is 9.97 Å². The van der Waals surface area contributed by atoms with E-state index in [9.17, 15) is 0 Å². The molecule has 0 unspecified atom stereocenters. The van der Waals surface area contributed by atoms with Crippen LogP contribution in [0.3, 0.4) is 0 Å². The van der Waals surface area contributed by atoms with Gasteiger partial charge in [0.05, 0.1) is 5.56 Å². The van der Waals surface area contributed by atoms with Crippen molar-refractivity contribution in [1.82, 2.24) is 19.7 Å². The van der Waals surface area contributed by atoms with Crippen molar-refractivity contribution in [1.29, 1.82) is 5.26 Å². The van der Waals surface area contributed by atoms with E-state index in [2.05, 4.69) is 21.1 Å². The van der Waals surface area contributed by atoms with Crippen molar-refractivity contribution in [2.45, 2.75) is 19.3 Å². The van der Waals surface area contributed by atoms with Crippen LogP contribution in [0.4, 0.5) is 5.95 Å². The Morgan fingerprint density at radius 2 is 2.29 bits per heavy atom. The maximum atomic E-state index is 9.14. The summed E-state index contributed by atoms with van der Waals surface area (Å²) in [7, 11) is 0. The fraction of sp³-hybridized carbons (Fsp3) is 0.273. The molecule has 6 nitrogen and oxygen atoms in total. The second kappa shape index (κ2) is 3.56. The van der Waals surface area contributed by atoms with Crippen molar-refractivity contribution in [2.24, 2.45) is 0 Å². The molecule has 84 valence electrons. The molecule has 1 aliphatic carbocycles. The second-order valence-corrected chi connectivity index (χ2v) is 3.98. The lowest BCUT2D eigenvalue weighted by atomic mass is 10.1. The Balaban J connectivity index is 2.19. The van der Waals surface area contributed by atoms with Crippen LogP contribution in [0.2, 0.25) is 0 Å². The van der Waals surface area contributed by atoms with Crippen LogP contribution < -0.4 is 5.73 Å². The molecule has 2 heterocycles. The summed E-state index contributed by atoms with van der Waals surface area (Å²) in [5.41, 5.74) is 8.19. The first kappa shape index (κ1) is 9.78. The molecule has 0 spiro atoms. The highest BCUT2D eigenvalue weighted by Gasteiger charge is 2.17. The van der Waals surface area contributed by atoms with E-state index in [1.165, 1.54) is 16.6 Å². The molecule has 1 aliphatic rings. The zero-order chi connectivity index (χ0) is 11.8. The minimum atomic E-state index is 0.177. The molecule has 3 rings (SSSR count). The van der Waals surface area contributed by atoms with Gasteiger partial charge in [-0.1, -0.05) is 0 Å². The average Bonchev–Trinajstić information content (AvgIpc) is 2.94. The molecule has 2 aromatic heterocycles. The number of nitrogens with two attached hydrogens (primary N) is 1. The third kappa shape index (κ3) is 1.52. The largest absolute Gasteiger partial charge is 0.366 e. The predicted octanol–water partition coefficient (Wildman–Crippen LogP) is 0.605. The van der Waals surface area contributed by atoms with Gasteiger partial charge in [-0.3, -0.25) is 0 Å². The first-order chi connectivity index (χ1) is 8.28. The van der Waals surface area contributed by atoms with Crippen LogP contribution >= 0.6 is 0 Å². The summed E-state index contributed by atoms with van der Waals surface area (Å²) in [6, 6.07) is 4.03. The molecule has 0 aliphatic heterocycles. The number of rotatable bonds is 1. The van der Waals surface area contributed by atoms with Crippen molar-refractivity contribution in [3.8, 4) is 11.9 Å². The molecular weight excluding hydrogens is 216 g/mol. The van der Waals surface area contributed by atoms with E-state index in [0.717, 1.165) is 25.0 Å². The van der Waals surface area contributed by atoms with Gasteiger partial charge in [-0.2, -0.15) is 9.94 Å². The van der Waals surface area contributed by atoms with Crippen LogP contribution in [0.1, 0.15) is 23.2 Å². The molecule has 0 radical (unpaired) electrons. The minimum Gasteiger partial charge on any atom is -0.366 e. The summed E-state index contributed by atoms with van der Waals surface area (Å²) in [5, 5.41) is 13.1. The number of nitriles is 1. The van der Waals surface area contributed by atoms with E-state index in [-0.39, 0.29) is 5.95 Å². The number of hydrogen-bond donors (Lipinski definition) is 1. The molecular formula is C11H10N6. The van der Waals surface area contributed by atoms with Crippen LogP contribution in [-0.4, -0.2) is 19.7 Å². The molecule has 0 saturated carbocycles. The topological polar surface area (TPSA) is 93.4 Å². The Hall–Kier alpha value is -2.42. The second-order valence-electron chi connectivity index (χ2n) is 3.98. The summed E-state index contributed by atoms with van der Waals surface area (Å²) >= 11 is 0. The Kier molecular flexibility index (Phi) is 2.05. The van der Waals surface area contributed by atoms with Crippen molar-refractivity contribution in [3.63, 3.8) is 0 Å². The normalized spacial score (nSPS) is 13.4. The number of fused-ring (bicyclic) bond motifs is 1. The van der Waals surface area contributed by atoms with Crippen molar-refractivity contribution >= 4 is 5.95 Å².